The molecule has 1 heterocycles. The van der Waals surface area contributed by atoms with E-state index >= 15 is 0 Å². The van der Waals surface area contributed by atoms with Crippen LogP contribution in [0.15, 0.2) is 73.0 Å². The monoisotopic (exact) mass is 239 g/mol. The van der Waals surface area contributed by atoms with Gasteiger partial charge < -0.3 is 0 Å². The fourth-order valence-electron chi connectivity index (χ4n) is 1.89. The third kappa shape index (κ3) is 2.44. The van der Waals surface area contributed by atoms with Gasteiger partial charge in [0.1, 0.15) is 0 Å². The summed E-state index contributed by atoms with van der Waals surface area (Å²) in [7, 11) is 0. The van der Waals surface area contributed by atoms with E-state index in [9.17, 15) is 0 Å². The molecule has 92 valence electrons. The average molecular weight is 239 g/mol. The highest BCUT2D eigenvalue weighted by Crippen LogP contribution is 2.31. The number of benzene rings is 1. The van der Waals surface area contributed by atoms with Gasteiger partial charge in [-0.25, -0.2) is 5.06 Å². The van der Waals surface area contributed by atoms with Crippen LogP contribution < -0.4 is 0 Å². The van der Waals surface area contributed by atoms with Crippen LogP contribution in [0.3, 0.4) is 0 Å². The number of hydrogen-bond donors (Lipinski definition) is 0. The van der Waals surface area contributed by atoms with E-state index < -0.39 is 0 Å². The highest BCUT2D eigenvalue weighted by Gasteiger charge is 2.19. The Balaban J connectivity index is 2.41. The fourth-order valence-corrected chi connectivity index (χ4v) is 1.89. The van der Waals surface area contributed by atoms with Gasteiger partial charge in [-0.3, -0.25) is 4.84 Å². The molecular formula is C16H17NO. The van der Waals surface area contributed by atoms with Crippen LogP contribution in [0, 0.1) is 0 Å². The Morgan fingerprint density at radius 2 is 1.94 bits per heavy atom. The highest BCUT2D eigenvalue weighted by atomic mass is 16.7. The van der Waals surface area contributed by atoms with Crippen molar-refractivity contribution in [3.05, 3.63) is 78.6 Å². The van der Waals surface area contributed by atoms with Crippen molar-refractivity contribution in [3.8, 4) is 0 Å². The van der Waals surface area contributed by atoms with Gasteiger partial charge in [-0.15, -0.1) is 6.58 Å². The van der Waals surface area contributed by atoms with Crippen LogP contribution in [0.4, 0.5) is 0 Å². The van der Waals surface area contributed by atoms with Crippen LogP contribution in [0.1, 0.15) is 12.5 Å². The molecule has 2 nitrogen and oxygen atoms in total. The maximum Gasteiger partial charge on any atom is 0.0932 e. The quantitative estimate of drug-likeness (QED) is 0.738. The summed E-state index contributed by atoms with van der Waals surface area (Å²) in [6.07, 6.45) is 5.73. The molecule has 0 N–H and O–H groups in total. The Hall–Kier alpha value is -2.06. The molecule has 0 fully saturated rings. The zero-order chi connectivity index (χ0) is 13.0. The summed E-state index contributed by atoms with van der Waals surface area (Å²) in [5.74, 6) is 0. The van der Waals surface area contributed by atoms with Crippen LogP contribution in [-0.2, 0) is 4.84 Å². The molecule has 2 rings (SSSR count). The zero-order valence-corrected chi connectivity index (χ0v) is 10.6. The molecular weight excluding hydrogens is 222 g/mol. The minimum absolute atomic E-state index is 0.455. The summed E-state index contributed by atoms with van der Waals surface area (Å²) in [6.45, 7) is 10.2. The Bertz CT molecular complexity index is 511. The molecule has 0 radical (unpaired) electrons. The third-order valence-corrected chi connectivity index (χ3v) is 2.73. The Labute approximate surface area is 108 Å². The van der Waals surface area contributed by atoms with Crippen molar-refractivity contribution in [2.75, 3.05) is 6.61 Å². The molecule has 0 unspecified atom stereocenters. The molecule has 0 aliphatic carbocycles. The molecule has 0 amide bonds. The first kappa shape index (κ1) is 12.4. The van der Waals surface area contributed by atoms with Crippen molar-refractivity contribution in [3.63, 3.8) is 0 Å². The van der Waals surface area contributed by atoms with E-state index in [0.717, 1.165) is 22.5 Å². The van der Waals surface area contributed by atoms with Gasteiger partial charge in [0.15, 0.2) is 0 Å². The van der Waals surface area contributed by atoms with E-state index in [1.54, 1.807) is 11.1 Å². The number of nitrogens with zero attached hydrogens (tertiary/aromatic N) is 1. The van der Waals surface area contributed by atoms with Gasteiger partial charge in [-0.05, 0) is 18.6 Å². The van der Waals surface area contributed by atoms with Crippen molar-refractivity contribution < 1.29 is 4.84 Å². The normalized spacial score (nSPS) is 15.2. The molecule has 0 bridgehead atoms. The van der Waals surface area contributed by atoms with Gasteiger partial charge in [-0.1, -0.05) is 49.1 Å². The second-order valence-electron chi connectivity index (χ2n) is 4.10. The summed E-state index contributed by atoms with van der Waals surface area (Å²) in [4.78, 5) is 5.69. The van der Waals surface area contributed by atoms with Crippen molar-refractivity contribution in [1.29, 1.82) is 0 Å². The van der Waals surface area contributed by atoms with E-state index in [1.165, 1.54) is 0 Å². The first-order valence-electron chi connectivity index (χ1n) is 5.91. The predicted molar refractivity (Wildman–Crippen MR) is 75.3 cm³/mol. The smallest absolute Gasteiger partial charge is 0.0932 e. The lowest BCUT2D eigenvalue weighted by Gasteiger charge is -2.30. The zero-order valence-electron chi connectivity index (χ0n) is 10.6. The first-order valence-corrected chi connectivity index (χ1v) is 5.91. The molecule has 2 heteroatoms. The molecule has 1 aromatic rings. The van der Waals surface area contributed by atoms with E-state index in [4.69, 9.17) is 4.84 Å². The van der Waals surface area contributed by atoms with Crippen molar-refractivity contribution in [1.82, 2.24) is 5.06 Å². The van der Waals surface area contributed by atoms with E-state index in [0.29, 0.717) is 6.61 Å². The second kappa shape index (κ2) is 5.52. The Morgan fingerprint density at radius 1 is 1.22 bits per heavy atom. The number of rotatable bonds is 4. The molecule has 1 aromatic carbocycles. The van der Waals surface area contributed by atoms with Gasteiger partial charge in [0.2, 0.25) is 0 Å². The van der Waals surface area contributed by atoms with Gasteiger partial charge in [-0.2, -0.15) is 0 Å². The molecule has 0 spiro atoms. The van der Waals surface area contributed by atoms with Gasteiger partial charge in [0.25, 0.3) is 0 Å². The molecule has 18 heavy (non-hydrogen) atoms. The molecule has 0 saturated carbocycles. The summed E-state index contributed by atoms with van der Waals surface area (Å²) in [5, 5.41) is 1.77. The molecule has 0 aromatic heterocycles. The minimum atomic E-state index is 0.455. The third-order valence-electron chi connectivity index (χ3n) is 2.73. The van der Waals surface area contributed by atoms with Gasteiger partial charge in [0, 0.05) is 5.56 Å². The molecule has 1 aliphatic heterocycles. The molecule has 0 saturated heterocycles. The van der Waals surface area contributed by atoms with E-state index in [-0.39, 0.29) is 0 Å². The lowest BCUT2D eigenvalue weighted by molar-refractivity contribution is -0.0641. The highest BCUT2D eigenvalue weighted by molar-refractivity contribution is 5.72. The summed E-state index contributed by atoms with van der Waals surface area (Å²) >= 11 is 0. The summed E-state index contributed by atoms with van der Waals surface area (Å²) < 4.78 is 0. The predicted octanol–water partition coefficient (Wildman–Crippen LogP) is 3.92. The maximum atomic E-state index is 5.69. The standard InChI is InChI=1S/C16H17NO/c1-4-12-18-17-14(3)11-10-13(2)16(17)15-8-6-5-7-9-15/h4-11H,1,3,12H2,2H3. The lowest BCUT2D eigenvalue weighted by Crippen LogP contribution is -2.23. The fraction of sp³-hybridized carbons (Fsp3) is 0.125. The first-order chi connectivity index (χ1) is 8.74. The second-order valence-corrected chi connectivity index (χ2v) is 4.10. The Kier molecular flexibility index (Phi) is 3.80. The van der Waals surface area contributed by atoms with Crippen LogP contribution in [0.25, 0.3) is 5.70 Å². The van der Waals surface area contributed by atoms with Gasteiger partial charge >= 0.3 is 0 Å². The molecule has 0 atom stereocenters. The number of allylic oxidation sites excluding steroid dienone is 3. The van der Waals surface area contributed by atoms with Crippen molar-refractivity contribution in [2.24, 2.45) is 0 Å². The Morgan fingerprint density at radius 3 is 2.61 bits per heavy atom. The minimum Gasteiger partial charge on any atom is -0.264 e. The van der Waals surface area contributed by atoms with Crippen LogP contribution >= 0.6 is 0 Å². The van der Waals surface area contributed by atoms with Crippen LogP contribution in [-0.4, -0.2) is 11.7 Å². The summed E-state index contributed by atoms with van der Waals surface area (Å²) in [5.41, 5.74) is 4.12. The van der Waals surface area contributed by atoms with Crippen LogP contribution in [0.5, 0.6) is 0 Å². The number of hydroxylamine groups is 2. The van der Waals surface area contributed by atoms with E-state index in [1.807, 2.05) is 24.3 Å². The van der Waals surface area contributed by atoms with Crippen LogP contribution in [0.2, 0.25) is 0 Å². The van der Waals surface area contributed by atoms with Crippen molar-refractivity contribution in [2.45, 2.75) is 6.92 Å². The average Bonchev–Trinajstić information content (AvgIpc) is 2.40. The SMILES string of the molecule is C=CCON1C(=C)C=CC(C)=C1c1ccccc1. The van der Waals surface area contributed by atoms with Gasteiger partial charge in [0.05, 0.1) is 18.0 Å². The summed E-state index contributed by atoms with van der Waals surface area (Å²) in [6, 6.07) is 10.2. The van der Waals surface area contributed by atoms with Crippen molar-refractivity contribution >= 4 is 5.70 Å². The largest absolute Gasteiger partial charge is 0.264 e. The lowest BCUT2D eigenvalue weighted by atomic mass is 10.0. The molecule has 1 aliphatic rings. The number of hydrogen-bond acceptors (Lipinski definition) is 2. The topological polar surface area (TPSA) is 12.5 Å². The maximum absolute atomic E-state index is 5.69. The van der Waals surface area contributed by atoms with E-state index in [2.05, 4.69) is 38.3 Å².